The first-order valence-corrected chi connectivity index (χ1v) is 5.82. The summed E-state index contributed by atoms with van der Waals surface area (Å²) in [5.41, 5.74) is 0.657. The van der Waals surface area contributed by atoms with Gasteiger partial charge in [0.05, 0.1) is 18.8 Å². The molecule has 0 radical (unpaired) electrons. The second-order valence-electron chi connectivity index (χ2n) is 4.40. The topological polar surface area (TPSA) is 52.9 Å². The van der Waals surface area contributed by atoms with Crippen LogP contribution in [0.5, 0.6) is 0 Å². The van der Waals surface area contributed by atoms with Gasteiger partial charge in [-0.05, 0) is 24.7 Å². The molecule has 0 amide bonds. The maximum atomic E-state index is 12.7. The second kappa shape index (κ2) is 7.43. The summed E-state index contributed by atoms with van der Waals surface area (Å²) < 4.78 is 17.6. The van der Waals surface area contributed by atoms with Crippen molar-refractivity contribution in [2.45, 2.75) is 12.2 Å². The number of hydrogen-bond donors (Lipinski definition) is 2. The van der Waals surface area contributed by atoms with Gasteiger partial charge in [0.2, 0.25) is 0 Å². The van der Waals surface area contributed by atoms with Crippen LogP contribution in [-0.2, 0) is 4.74 Å². The van der Waals surface area contributed by atoms with Gasteiger partial charge in [-0.2, -0.15) is 0 Å². The summed E-state index contributed by atoms with van der Waals surface area (Å²) >= 11 is 0. The minimum atomic E-state index is -0.703. The van der Waals surface area contributed by atoms with E-state index in [2.05, 4.69) is 0 Å². The van der Waals surface area contributed by atoms with Gasteiger partial charge >= 0.3 is 0 Å². The first kappa shape index (κ1) is 15.0. The maximum absolute atomic E-state index is 12.7. The van der Waals surface area contributed by atoms with E-state index in [1.54, 1.807) is 24.1 Å². The van der Waals surface area contributed by atoms with Gasteiger partial charge in [0.25, 0.3) is 0 Å². The SMILES string of the molecule is COC[C@@H](O)CN(C)C[C@H](O)c1ccc(F)cc1. The molecule has 0 aliphatic rings. The van der Waals surface area contributed by atoms with Crippen LogP contribution in [0.25, 0.3) is 0 Å². The molecule has 0 spiro atoms. The molecular formula is C13H20FNO3. The first-order valence-electron chi connectivity index (χ1n) is 5.82. The highest BCUT2D eigenvalue weighted by Gasteiger charge is 2.13. The average molecular weight is 257 g/mol. The zero-order chi connectivity index (χ0) is 13.5. The standard InChI is InChI=1S/C13H20FNO3/c1-15(7-12(16)9-18-2)8-13(17)10-3-5-11(14)6-4-10/h3-6,12-13,16-17H,7-9H2,1-2H3/t12-,13-/m0/s1. The molecule has 0 fully saturated rings. The van der Waals surface area contributed by atoms with Crippen LogP contribution in [0.2, 0.25) is 0 Å². The zero-order valence-corrected chi connectivity index (χ0v) is 10.7. The van der Waals surface area contributed by atoms with Crippen molar-refractivity contribution < 1.29 is 19.3 Å². The number of likely N-dealkylation sites (N-methyl/N-ethyl adjacent to an activating group) is 1. The van der Waals surface area contributed by atoms with Crippen molar-refractivity contribution in [2.24, 2.45) is 0 Å². The summed E-state index contributed by atoms with van der Waals surface area (Å²) in [4.78, 5) is 1.80. The van der Waals surface area contributed by atoms with Crippen LogP contribution >= 0.6 is 0 Å². The van der Waals surface area contributed by atoms with Crippen LogP contribution in [0, 0.1) is 5.82 Å². The number of ether oxygens (including phenoxy) is 1. The number of rotatable bonds is 7. The summed E-state index contributed by atoms with van der Waals surface area (Å²) in [5, 5.41) is 19.5. The van der Waals surface area contributed by atoms with E-state index in [9.17, 15) is 14.6 Å². The number of nitrogens with zero attached hydrogens (tertiary/aromatic N) is 1. The lowest BCUT2D eigenvalue weighted by molar-refractivity contribution is 0.0318. The van der Waals surface area contributed by atoms with Gasteiger partial charge in [0.15, 0.2) is 0 Å². The van der Waals surface area contributed by atoms with E-state index in [0.29, 0.717) is 18.7 Å². The van der Waals surface area contributed by atoms with E-state index in [1.807, 2.05) is 0 Å². The fourth-order valence-corrected chi connectivity index (χ4v) is 1.76. The Morgan fingerprint density at radius 3 is 2.39 bits per heavy atom. The third kappa shape index (κ3) is 5.10. The molecule has 0 aromatic heterocycles. The van der Waals surface area contributed by atoms with Crippen molar-refractivity contribution in [3.8, 4) is 0 Å². The molecule has 0 heterocycles. The van der Waals surface area contributed by atoms with Crippen LogP contribution in [0.15, 0.2) is 24.3 Å². The molecule has 18 heavy (non-hydrogen) atoms. The molecule has 0 saturated heterocycles. The third-order valence-electron chi connectivity index (χ3n) is 2.62. The smallest absolute Gasteiger partial charge is 0.123 e. The molecule has 0 bridgehead atoms. The van der Waals surface area contributed by atoms with E-state index in [0.717, 1.165) is 0 Å². The highest BCUT2D eigenvalue weighted by atomic mass is 19.1. The minimum Gasteiger partial charge on any atom is -0.389 e. The quantitative estimate of drug-likeness (QED) is 0.758. The van der Waals surface area contributed by atoms with Crippen LogP contribution in [0.3, 0.4) is 0 Å². The number of methoxy groups -OCH3 is 1. The lowest BCUT2D eigenvalue weighted by Crippen LogP contribution is -2.34. The number of hydrogen-bond acceptors (Lipinski definition) is 4. The third-order valence-corrected chi connectivity index (χ3v) is 2.62. The summed E-state index contributed by atoms with van der Waals surface area (Å²) in [7, 11) is 3.32. The van der Waals surface area contributed by atoms with Crippen molar-refractivity contribution in [2.75, 3.05) is 33.9 Å². The van der Waals surface area contributed by atoms with Crippen molar-refractivity contribution in [3.63, 3.8) is 0 Å². The fourth-order valence-electron chi connectivity index (χ4n) is 1.76. The molecule has 0 aliphatic carbocycles. The number of halogens is 1. The number of aliphatic hydroxyl groups is 2. The Bertz CT molecular complexity index is 345. The van der Waals surface area contributed by atoms with Crippen molar-refractivity contribution in [1.29, 1.82) is 0 Å². The normalized spacial score (nSPS) is 14.8. The first-order chi connectivity index (χ1) is 8.52. The van der Waals surface area contributed by atoms with Crippen molar-refractivity contribution in [3.05, 3.63) is 35.6 Å². The summed E-state index contributed by atoms with van der Waals surface area (Å²) in [5.74, 6) is -0.324. The van der Waals surface area contributed by atoms with Crippen LogP contribution in [-0.4, -0.2) is 55.1 Å². The van der Waals surface area contributed by atoms with Crippen LogP contribution in [0.1, 0.15) is 11.7 Å². The van der Waals surface area contributed by atoms with Gasteiger partial charge in [-0.25, -0.2) is 4.39 Å². The van der Waals surface area contributed by atoms with Gasteiger partial charge in [-0.3, -0.25) is 0 Å². The lowest BCUT2D eigenvalue weighted by atomic mass is 10.1. The van der Waals surface area contributed by atoms with Gasteiger partial charge in [0.1, 0.15) is 5.82 Å². The van der Waals surface area contributed by atoms with Crippen LogP contribution in [0.4, 0.5) is 4.39 Å². The molecule has 1 aromatic rings. The zero-order valence-electron chi connectivity index (χ0n) is 10.7. The molecule has 2 atom stereocenters. The van der Waals surface area contributed by atoms with Gasteiger partial charge < -0.3 is 19.8 Å². The summed E-state index contributed by atoms with van der Waals surface area (Å²) in [6.45, 7) is 1.04. The van der Waals surface area contributed by atoms with Crippen molar-refractivity contribution in [1.82, 2.24) is 4.90 Å². The Kier molecular flexibility index (Phi) is 6.21. The van der Waals surface area contributed by atoms with Gasteiger partial charge in [0, 0.05) is 20.2 Å². The molecule has 4 nitrogen and oxygen atoms in total. The molecule has 0 saturated carbocycles. The Labute approximate surface area is 107 Å². The summed E-state index contributed by atoms with van der Waals surface area (Å²) in [6, 6.07) is 5.75. The lowest BCUT2D eigenvalue weighted by Gasteiger charge is -2.23. The fraction of sp³-hybridized carbons (Fsp3) is 0.538. The molecule has 1 rings (SSSR count). The van der Waals surface area contributed by atoms with E-state index in [1.165, 1.54) is 19.2 Å². The van der Waals surface area contributed by atoms with Gasteiger partial charge in [-0.15, -0.1) is 0 Å². The van der Waals surface area contributed by atoms with Gasteiger partial charge in [-0.1, -0.05) is 12.1 Å². The average Bonchev–Trinajstić information content (AvgIpc) is 2.29. The second-order valence-corrected chi connectivity index (χ2v) is 4.40. The largest absolute Gasteiger partial charge is 0.389 e. The van der Waals surface area contributed by atoms with Crippen molar-refractivity contribution >= 4 is 0 Å². The molecule has 5 heteroatoms. The highest BCUT2D eigenvalue weighted by molar-refractivity contribution is 5.18. The molecule has 0 aliphatic heterocycles. The van der Waals surface area contributed by atoms with Crippen LogP contribution < -0.4 is 0 Å². The highest BCUT2D eigenvalue weighted by Crippen LogP contribution is 2.14. The predicted molar refractivity (Wildman–Crippen MR) is 66.7 cm³/mol. The molecule has 1 aromatic carbocycles. The number of benzene rings is 1. The Morgan fingerprint density at radius 2 is 1.83 bits per heavy atom. The Morgan fingerprint density at radius 1 is 1.22 bits per heavy atom. The molecule has 0 unspecified atom stereocenters. The molecule has 102 valence electrons. The Balaban J connectivity index is 2.43. The predicted octanol–water partition coefficient (Wildman–Crippen LogP) is 0.798. The molecular weight excluding hydrogens is 237 g/mol. The van der Waals surface area contributed by atoms with E-state index >= 15 is 0 Å². The van der Waals surface area contributed by atoms with E-state index in [-0.39, 0.29) is 12.4 Å². The summed E-state index contributed by atoms with van der Waals surface area (Å²) in [6.07, 6.45) is -1.29. The monoisotopic (exact) mass is 257 g/mol. The van der Waals surface area contributed by atoms with E-state index < -0.39 is 12.2 Å². The number of aliphatic hydroxyl groups excluding tert-OH is 2. The Hall–Kier alpha value is -1.01. The van der Waals surface area contributed by atoms with E-state index in [4.69, 9.17) is 4.74 Å². The maximum Gasteiger partial charge on any atom is 0.123 e. The molecule has 2 N–H and O–H groups in total. The minimum absolute atomic E-state index is 0.261.